The van der Waals surface area contributed by atoms with Crippen LogP contribution in [0, 0.1) is 6.92 Å². The van der Waals surface area contributed by atoms with Crippen molar-refractivity contribution in [1.82, 2.24) is 4.72 Å². The molecule has 1 atom stereocenters. The Morgan fingerprint density at radius 3 is 2.24 bits per heavy atom. The standard InChI is InChI=1S/C15H15BrFNO2S/c1-11-2-8-14(9-3-11)21(19,20)18-10-15(17)12-4-6-13(16)7-5-12/h2-9,15,18H,10H2,1H3/t15-/m1/s1. The van der Waals surface area contributed by atoms with Crippen LogP contribution in [0.15, 0.2) is 57.9 Å². The predicted octanol–water partition coefficient (Wildman–Crippen LogP) is 3.75. The van der Waals surface area contributed by atoms with Gasteiger partial charge in [-0.3, -0.25) is 0 Å². The maximum atomic E-state index is 14.0. The highest BCUT2D eigenvalue weighted by atomic mass is 79.9. The third-order valence-corrected chi connectivity index (χ3v) is 4.98. The molecule has 0 radical (unpaired) electrons. The largest absolute Gasteiger partial charge is 0.241 e. The summed E-state index contributed by atoms with van der Waals surface area (Å²) in [4.78, 5) is 0.135. The molecule has 6 heteroatoms. The van der Waals surface area contributed by atoms with Gasteiger partial charge in [0.1, 0.15) is 6.17 Å². The summed E-state index contributed by atoms with van der Waals surface area (Å²) in [5.41, 5.74) is 1.40. The molecular weight excluding hydrogens is 357 g/mol. The average Bonchev–Trinajstić information content (AvgIpc) is 2.46. The molecule has 2 aromatic carbocycles. The van der Waals surface area contributed by atoms with E-state index >= 15 is 0 Å². The summed E-state index contributed by atoms with van der Waals surface area (Å²) in [6.07, 6.45) is -1.39. The van der Waals surface area contributed by atoms with E-state index in [-0.39, 0.29) is 11.4 Å². The molecule has 0 aromatic heterocycles. The predicted molar refractivity (Wildman–Crippen MR) is 84.4 cm³/mol. The molecule has 0 aliphatic heterocycles. The molecule has 0 fully saturated rings. The summed E-state index contributed by atoms with van der Waals surface area (Å²) in [7, 11) is -3.69. The molecular formula is C15H15BrFNO2S. The van der Waals surface area contributed by atoms with Crippen LogP contribution in [0.2, 0.25) is 0 Å². The third kappa shape index (κ3) is 4.36. The van der Waals surface area contributed by atoms with Crippen molar-refractivity contribution in [3.63, 3.8) is 0 Å². The number of rotatable bonds is 5. The Balaban J connectivity index is 2.04. The van der Waals surface area contributed by atoms with E-state index < -0.39 is 16.2 Å². The molecule has 0 spiro atoms. The number of benzene rings is 2. The van der Waals surface area contributed by atoms with Crippen LogP contribution >= 0.6 is 15.9 Å². The van der Waals surface area contributed by atoms with Crippen LogP contribution in [-0.4, -0.2) is 15.0 Å². The zero-order chi connectivity index (χ0) is 15.5. The summed E-state index contributed by atoms with van der Waals surface area (Å²) >= 11 is 3.27. The Morgan fingerprint density at radius 2 is 1.67 bits per heavy atom. The number of nitrogens with one attached hydrogen (secondary N) is 1. The Bertz CT molecular complexity index is 699. The van der Waals surface area contributed by atoms with Gasteiger partial charge in [0.05, 0.1) is 4.90 Å². The molecule has 2 rings (SSSR count). The highest BCUT2D eigenvalue weighted by Crippen LogP contribution is 2.20. The van der Waals surface area contributed by atoms with Crippen molar-refractivity contribution >= 4 is 26.0 Å². The summed E-state index contributed by atoms with van der Waals surface area (Å²) in [5, 5.41) is 0. The van der Waals surface area contributed by atoms with Crippen molar-refractivity contribution < 1.29 is 12.8 Å². The molecule has 0 bridgehead atoms. The van der Waals surface area contributed by atoms with E-state index in [0.717, 1.165) is 10.0 Å². The Hall–Kier alpha value is -1.24. The van der Waals surface area contributed by atoms with E-state index in [9.17, 15) is 12.8 Å². The van der Waals surface area contributed by atoms with Gasteiger partial charge in [-0.1, -0.05) is 45.8 Å². The maximum Gasteiger partial charge on any atom is 0.240 e. The van der Waals surface area contributed by atoms with Crippen LogP contribution in [0.3, 0.4) is 0 Å². The van der Waals surface area contributed by atoms with Gasteiger partial charge in [-0.15, -0.1) is 0 Å². The van der Waals surface area contributed by atoms with Gasteiger partial charge in [-0.25, -0.2) is 17.5 Å². The van der Waals surface area contributed by atoms with Crippen molar-refractivity contribution in [3.8, 4) is 0 Å². The van der Waals surface area contributed by atoms with Gasteiger partial charge in [-0.2, -0.15) is 0 Å². The van der Waals surface area contributed by atoms with E-state index in [1.807, 2.05) is 6.92 Å². The highest BCUT2D eigenvalue weighted by molar-refractivity contribution is 9.10. The lowest BCUT2D eigenvalue weighted by atomic mass is 10.1. The Morgan fingerprint density at radius 1 is 1.10 bits per heavy atom. The first-order chi connectivity index (χ1) is 9.88. The van der Waals surface area contributed by atoms with E-state index in [2.05, 4.69) is 20.7 Å². The first-order valence-corrected chi connectivity index (χ1v) is 8.62. The lowest BCUT2D eigenvalue weighted by molar-refractivity contribution is 0.343. The lowest BCUT2D eigenvalue weighted by Crippen LogP contribution is -2.27. The zero-order valence-electron chi connectivity index (χ0n) is 11.4. The minimum absolute atomic E-state index is 0.135. The van der Waals surface area contributed by atoms with Crippen LogP contribution in [0.5, 0.6) is 0 Å². The minimum Gasteiger partial charge on any atom is -0.241 e. The van der Waals surface area contributed by atoms with Gasteiger partial charge >= 0.3 is 0 Å². The normalized spacial score (nSPS) is 13.1. The van der Waals surface area contributed by atoms with Crippen molar-refractivity contribution in [3.05, 3.63) is 64.1 Å². The molecule has 0 aliphatic rings. The molecule has 1 N–H and O–H groups in total. The van der Waals surface area contributed by atoms with Gasteiger partial charge in [0, 0.05) is 11.0 Å². The molecule has 0 aliphatic carbocycles. The molecule has 0 saturated carbocycles. The number of hydrogen-bond acceptors (Lipinski definition) is 2. The molecule has 3 nitrogen and oxygen atoms in total. The fraction of sp³-hybridized carbons (Fsp3) is 0.200. The van der Waals surface area contributed by atoms with Gasteiger partial charge < -0.3 is 0 Å². The van der Waals surface area contributed by atoms with E-state index in [1.165, 1.54) is 12.1 Å². The first kappa shape index (κ1) is 16.1. The van der Waals surface area contributed by atoms with Crippen molar-refractivity contribution in [2.75, 3.05) is 6.54 Å². The average molecular weight is 372 g/mol. The smallest absolute Gasteiger partial charge is 0.240 e. The molecule has 0 unspecified atom stereocenters. The SMILES string of the molecule is Cc1ccc(S(=O)(=O)NC[C@@H](F)c2ccc(Br)cc2)cc1. The van der Waals surface area contributed by atoms with Crippen LogP contribution in [-0.2, 0) is 10.0 Å². The fourth-order valence-corrected chi connectivity index (χ4v) is 3.06. The molecule has 2 aromatic rings. The minimum atomic E-state index is -3.69. The van der Waals surface area contributed by atoms with Gasteiger partial charge in [0.2, 0.25) is 10.0 Å². The number of hydrogen-bond donors (Lipinski definition) is 1. The first-order valence-electron chi connectivity index (χ1n) is 6.34. The maximum absolute atomic E-state index is 14.0. The van der Waals surface area contributed by atoms with Gasteiger partial charge in [0.25, 0.3) is 0 Å². The molecule has 0 saturated heterocycles. The van der Waals surface area contributed by atoms with Gasteiger partial charge in [0.15, 0.2) is 0 Å². The van der Waals surface area contributed by atoms with Crippen molar-refractivity contribution in [2.45, 2.75) is 18.0 Å². The van der Waals surface area contributed by atoms with Crippen LogP contribution in [0.1, 0.15) is 17.3 Å². The molecule has 0 amide bonds. The zero-order valence-corrected chi connectivity index (χ0v) is 13.8. The summed E-state index contributed by atoms with van der Waals surface area (Å²) < 4.78 is 41.3. The molecule has 0 heterocycles. The summed E-state index contributed by atoms with van der Waals surface area (Å²) in [6.45, 7) is 1.58. The number of sulfonamides is 1. The van der Waals surface area contributed by atoms with E-state index in [1.54, 1.807) is 36.4 Å². The van der Waals surface area contributed by atoms with E-state index in [0.29, 0.717) is 5.56 Å². The highest BCUT2D eigenvalue weighted by Gasteiger charge is 2.17. The Kier molecular flexibility index (Phi) is 5.13. The quantitative estimate of drug-likeness (QED) is 0.869. The third-order valence-electron chi connectivity index (χ3n) is 3.02. The van der Waals surface area contributed by atoms with Crippen LogP contribution in [0.4, 0.5) is 4.39 Å². The van der Waals surface area contributed by atoms with Crippen molar-refractivity contribution in [1.29, 1.82) is 0 Å². The molecule has 112 valence electrons. The molecule has 21 heavy (non-hydrogen) atoms. The topological polar surface area (TPSA) is 46.2 Å². The van der Waals surface area contributed by atoms with Crippen molar-refractivity contribution in [2.24, 2.45) is 0 Å². The second kappa shape index (κ2) is 6.68. The number of alkyl halides is 1. The van der Waals surface area contributed by atoms with Crippen LogP contribution in [0.25, 0.3) is 0 Å². The lowest BCUT2D eigenvalue weighted by Gasteiger charge is -2.11. The fourth-order valence-electron chi connectivity index (χ4n) is 1.77. The second-order valence-corrected chi connectivity index (χ2v) is 7.37. The number of halogens is 2. The van der Waals surface area contributed by atoms with E-state index in [4.69, 9.17) is 0 Å². The van der Waals surface area contributed by atoms with Crippen LogP contribution < -0.4 is 4.72 Å². The van der Waals surface area contributed by atoms with Gasteiger partial charge in [-0.05, 0) is 36.8 Å². The second-order valence-electron chi connectivity index (χ2n) is 4.68. The summed E-state index contributed by atoms with van der Waals surface area (Å²) in [6, 6.07) is 13.1. The monoisotopic (exact) mass is 371 g/mol. The number of aryl methyl sites for hydroxylation is 1. The Labute approximate surface area is 132 Å². The summed E-state index contributed by atoms with van der Waals surface area (Å²) in [5.74, 6) is 0.